The summed E-state index contributed by atoms with van der Waals surface area (Å²) in [7, 11) is 0. The lowest BCUT2D eigenvalue weighted by Crippen LogP contribution is -2.22. The highest BCUT2D eigenvalue weighted by Crippen LogP contribution is 2.33. The number of aromatic nitrogens is 1. The molecule has 2 atom stereocenters. The standard InChI is InChI=1S/C11H13Cl3N2/c1-6-3-2-4-9(6)15-11-8(13)5-7(12)10(14)16-11/h5-6,9H,2-4H2,1H3,(H,15,16). The maximum absolute atomic E-state index is 6.06. The van der Waals surface area contributed by atoms with Gasteiger partial charge in [-0.2, -0.15) is 0 Å². The smallest absolute Gasteiger partial charge is 0.150 e. The van der Waals surface area contributed by atoms with Crippen molar-refractivity contribution < 1.29 is 0 Å². The van der Waals surface area contributed by atoms with Gasteiger partial charge in [0.2, 0.25) is 0 Å². The second-order valence-electron chi connectivity index (χ2n) is 4.25. The normalized spacial score (nSPS) is 24.8. The van der Waals surface area contributed by atoms with Crippen LogP contribution in [0.4, 0.5) is 5.82 Å². The SMILES string of the molecule is CC1CCCC1Nc1nc(Cl)c(Cl)cc1Cl. The second-order valence-corrected chi connectivity index (χ2v) is 5.42. The van der Waals surface area contributed by atoms with Crippen LogP contribution >= 0.6 is 34.8 Å². The minimum atomic E-state index is 0.291. The first-order valence-corrected chi connectivity index (χ1v) is 6.49. The van der Waals surface area contributed by atoms with Crippen molar-refractivity contribution in [2.75, 3.05) is 5.32 Å². The molecule has 2 rings (SSSR count). The monoisotopic (exact) mass is 278 g/mol. The fourth-order valence-electron chi connectivity index (χ4n) is 2.08. The topological polar surface area (TPSA) is 24.9 Å². The predicted octanol–water partition coefficient (Wildman–Crippen LogP) is 4.64. The maximum atomic E-state index is 6.06. The molecule has 0 aromatic carbocycles. The summed E-state index contributed by atoms with van der Waals surface area (Å²) in [6.07, 6.45) is 3.65. The van der Waals surface area contributed by atoms with Gasteiger partial charge in [0.1, 0.15) is 11.0 Å². The summed E-state index contributed by atoms with van der Waals surface area (Å²) in [6.45, 7) is 2.23. The van der Waals surface area contributed by atoms with Crippen molar-refractivity contribution in [3.63, 3.8) is 0 Å². The summed E-state index contributed by atoms with van der Waals surface area (Å²) in [5, 5.41) is 4.54. The number of hydrogen-bond acceptors (Lipinski definition) is 2. The van der Waals surface area contributed by atoms with Gasteiger partial charge in [0.15, 0.2) is 0 Å². The van der Waals surface area contributed by atoms with E-state index in [2.05, 4.69) is 17.2 Å². The Morgan fingerprint density at radius 2 is 2.00 bits per heavy atom. The Balaban J connectivity index is 2.18. The number of rotatable bonds is 2. The molecule has 0 bridgehead atoms. The largest absolute Gasteiger partial charge is 0.366 e. The van der Waals surface area contributed by atoms with Gasteiger partial charge in [-0.15, -0.1) is 0 Å². The van der Waals surface area contributed by atoms with Crippen LogP contribution in [0.15, 0.2) is 6.07 Å². The molecular formula is C11H13Cl3N2. The fraction of sp³-hybridized carbons (Fsp3) is 0.545. The number of hydrogen-bond donors (Lipinski definition) is 1. The van der Waals surface area contributed by atoms with Crippen LogP contribution in [-0.2, 0) is 0 Å². The third-order valence-electron chi connectivity index (χ3n) is 3.07. The van der Waals surface area contributed by atoms with Crippen molar-refractivity contribution in [1.82, 2.24) is 4.98 Å². The second kappa shape index (κ2) is 4.99. The Morgan fingerprint density at radius 3 is 2.62 bits per heavy atom. The van der Waals surface area contributed by atoms with Gasteiger partial charge in [0.25, 0.3) is 0 Å². The van der Waals surface area contributed by atoms with E-state index in [1.165, 1.54) is 12.8 Å². The van der Waals surface area contributed by atoms with Crippen LogP contribution in [0.1, 0.15) is 26.2 Å². The van der Waals surface area contributed by atoms with E-state index < -0.39 is 0 Å². The maximum Gasteiger partial charge on any atom is 0.150 e. The quantitative estimate of drug-likeness (QED) is 0.798. The average Bonchev–Trinajstić information content (AvgIpc) is 2.61. The molecule has 1 aromatic rings. The lowest BCUT2D eigenvalue weighted by atomic mass is 10.1. The third-order valence-corrected chi connectivity index (χ3v) is 4.03. The Morgan fingerprint density at radius 1 is 1.25 bits per heavy atom. The molecule has 0 amide bonds. The number of anilines is 1. The zero-order chi connectivity index (χ0) is 11.7. The molecule has 0 saturated heterocycles. The molecular weight excluding hydrogens is 266 g/mol. The third kappa shape index (κ3) is 2.55. The first kappa shape index (κ1) is 12.3. The Labute approximate surface area is 110 Å². The highest BCUT2D eigenvalue weighted by atomic mass is 35.5. The van der Waals surface area contributed by atoms with Gasteiger partial charge in [-0.1, -0.05) is 48.1 Å². The summed E-state index contributed by atoms with van der Waals surface area (Å²) in [5.74, 6) is 1.28. The molecule has 1 aliphatic carbocycles. The molecule has 1 fully saturated rings. The molecule has 2 nitrogen and oxygen atoms in total. The minimum absolute atomic E-state index is 0.291. The van der Waals surface area contributed by atoms with Crippen LogP contribution in [0.3, 0.4) is 0 Å². The van der Waals surface area contributed by atoms with Crippen molar-refractivity contribution in [1.29, 1.82) is 0 Å². The van der Waals surface area contributed by atoms with Crippen molar-refractivity contribution in [2.24, 2.45) is 5.92 Å². The van der Waals surface area contributed by atoms with Gasteiger partial charge in [-0.05, 0) is 24.8 Å². The van der Waals surface area contributed by atoms with Crippen LogP contribution in [0, 0.1) is 5.92 Å². The highest BCUT2D eigenvalue weighted by molar-refractivity contribution is 6.42. The van der Waals surface area contributed by atoms with Crippen LogP contribution in [0.25, 0.3) is 0 Å². The van der Waals surface area contributed by atoms with Crippen LogP contribution in [0.5, 0.6) is 0 Å². The number of halogens is 3. The van der Waals surface area contributed by atoms with E-state index in [4.69, 9.17) is 34.8 Å². The molecule has 1 saturated carbocycles. The van der Waals surface area contributed by atoms with Crippen molar-refractivity contribution in [3.8, 4) is 0 Å². The van der Waals surface area contributed by atoms with Crippen LogP contribution in [-0.4, -0.2) is 11.0 Å². The zero-order valence-electron chi connectivity index (χ0n) is 8.93. The molecule has 1 heterocycles. The predicted molar refractivity (Wildman–Crippen MR) is 69.7 cm³/mol. The molecule has 1 aromatic heterocycles. The van der Waals surface area contributed by atoms with E-state index in [0.29, 0.717) is 33.0 Å². The summed E-state index contributed by atoms with van der Waals surface area (Å²) in [5.41, 5.74) is 0. The zero-order valence-corrected chi connectivity index (χ0v) is 11.2. The van der Waals surface area contributed by atoms with Gasteiger partial charge in [-0.25, -0.2) is 4.98 Å². The van der Waals surface area contributed by atoms with Crippen LogP contribution in [0.2, 0.25) is 15.2 Å². The fourth-order valence-corrected chi connectivity index (χ4v) is 2.63. The van der Waals surface area contributed by atoms with Gasteiger partial charge in [0.05, 0.1) is 10.0 Å². The number of pyridine rings is 1. The van der Waals surface area contributed by atoms with Gasteiger partial charge in [0, 0.05) is 6.04 Å². The average molecular weight is 280 g/mol. The van der Waals surface area contributed by atoms with Crippen molar-refractivity contribution in [3.05, 3.63) is 21.3 Å². The van der Waals surface area contributed by atoms with Crippen molar-refractivity contribution >= 4 is 40.6 Å². The summed E-state index contributed by atoms with van der Waals surface area (Å²) >= 11 is 17.8. The molecule has 1 aliphatic rings. The molecule has 1 N–H and O–H groups in total. The van der Waals surface area contributed by atoms with E-state index >= 15 is 0 Å². The molecule has 0 spiro atoms. The Hall–Kier alpha value is -0.180. The van der Waals surface area contributed by atoms with E-state index in [-0.39, 0.29) is 0 Å². The minimum Gasteiger partial charge on any atom is -0.366 e. The lowest BCUT2D eigenvalue weighted by molar-refractivity contribution is 0.555. The molecule has 2 unspecified atom stereocenters. The van der Waals surface area contributed by atoms with Gasteiger partial charge in [-0.3, -0.25) is 0 Å². The number of nitrogens with zero attached hydrogens (tertiary/aromatic N) is 1. The Kier molecular flexibility index (Phi) is 3.83. The van der Waals surface area contributed by atoms with E-state index in [0.717, 1.165) is 6.42 Å². The molecule has 88 valence electrons. The van der Waals surface area contributed by atoms with Crippen LogP contribution < -0.4 is 5.32 Å². The first-order valence-electron chi connectivity index (χ1n) is 5.36. The van der Waals surface area contributed by atoms with E-state index in [9.17, 15) is 0 Å². The van der Waals surface area contributed by atoms with E-state index in [1.807, 2.05) is 0 Å². The van der Waals surface area contributed by atoms with Crippen molar-refractivity contribution in [2.45, 2.75) is 32.2 Å². The van der Waals surface area contributed by atoms with E-state index in [1.54, 1.807) is 6.07 Å². The summed E-state index contributed by atoms with van der Waals surface area (Å²) in [6, 6.07) is 2.06. The molecule has 0 aliphatic heterocycles. The Bertz CT molecular complexity index is 395. The first-order chi connectivity index (χ1) is 7.58. The highest BCUT2D eigenvalue weighted by Gasteiger charge is 2.24. The van der Waals surface area contributed by atoms with Gasteiger partial charge < -0.3 is 5.32 Å². The molecule has 16 heavy (non-hydrogen) atoms. The van der Waals surface area contributed by atoms with Gasteiger partial charge >= 0.3 is 0 Å². The summed E-state index contributed by atoms with van der Waals surface area (Å²) in [4.78, 5) is 4.16. The molecule has 5 heteroatoms. The number of nitrogens with one attached hydrogen (secondary N) is 1. The lowest BCUT2D eigenvalue weighted by Gasteiger charge is -2.18. The molecule has 0 radical (unpaired) electrons. The summed E-state index contributed by atoms with van der Waals surface area (Å²) < 4.78 is 0.